The maximum atomic E-state index is 12.4. The highest BCUT2D eigenvalue weighted by Gasteiger charge is 2.10. The van der Waals surface area contributed by atoms with Gasteiger partial charge in [-0.3, -0.25) is 14.6 Å². The molecule has 0 aliphatic carbocycles. The van der Waals surface area contributed by atoms with E-state index in [4.69, 9.17) is 0 Å². The molecule has 0 unspecified atom stereocenters. The Kier molecular flexibility index (Phi) is 8.65. The molecule has 0 aliphatic heterocycles. The molecule has 0 saturated carbocycles. The molecule has 2 aromatic heterocycles. The Morgan fingerprint density at radius 1 is 0.974 bits per heavy atom. The van der Waals surface area contributed by atoms with Crippen molar-refractivity contribution in [3.8, 4) is 11.3 Å². The van der Waals surface area contributed by atoms with Crippen molar-refractivity contribution in [2.45, 2.75) is 33.6 Å². The number of Topliss-reactive ketones (excluding diaryl/α,β-unsaturated/α-hetero) is 1. The van der Waals surface area contributed by atoms with E-state index in [0.717, 1.165) is 39.8 Å². The SMILES string of the molecule is CC(=O)CC=Cc1cccc(CC=Cc2cc3c(cn2)cc(-c2ccc(C(=O)/C=C/C(C)C)cc2)n3C)c1. The third-order valence-electron chi connectivity index (χ3n) is 6.35. The summed E-state index contributed by atoms with van der Waals surface area (Å²) in [6.45, 7) is 5.71. The van der Waals surface area contributed by atoms with Crippen LogP contribution in [0, 0.1) is 5.92 Å². The molecule has 4 aromatic rings. The van der Waals surface area contributed by atoms with Crippen LogP contribution in [-0.4, -0.2) is 21.1 Å². The minimum absolute atomic E-state index is 0.0269. The lowest BCUT2D eigenvalue weighted by atomic mass is 10.0. The summed E-state index contributed by atoms with van der Waals surface area (Å²) in [5.74, 6) is 0.536. The van der Waals surface area contributed by atoms with Crippen LogP contribution in [0.15, 0.2) is 91.2 Å². The summed E-state index contributed by atoms with van der Waals surface area (Å²) in [5, 5.41) is 1.07. The molecule has 4 rings (SSSR count). The number of hydrogen-bond acceptors (Lipinski definition) is 3. The van der Waals surface area contributed by atoms with Crippen molar-refractivity contribution in [2.24, 2.45) is 13.0 Å². The first kappa shape index (κ1) is 26.7. The average molecular weight is 503 g/mol. The van der Waals surface area contributed by atoms with E-state index < -0.39 is 0 Å². The van der Waals surface area contributed by atoms with Gasteiger partial charge in [-0.15, -0.1) is 0 Å². The number of pyridine rings is 1. The van der Waals surface area contributed by atoms with Crippen LogP contribution in [0.25, 0.3) is 34.3 Å². The Morgan fingerprint density at radius 3 is 2.50 bits per heavy atom. The lowest BCUT2D eigenvalue weighted by Gasteiger charge is -2.06. The van der Waals surface area contributed by atoms with E-state index in [1.807, 2.05) is 60.8 Å². The number of hydrogen-bond donors (Lipinski definition) is 0. The lowest BCUT2D eigenvalue weighted by molar-refractivity contribution is -0.116. The zero-order valence-electron chi connectivity index (χ0n) is 22.5. The molecule has 0 amide bonds. The van der Waals surface area contributed by atoms with Crippen LogP contribution in [0.3, 0.4) is 0 Å². The molecule has 0 aliphatic rings. The standard InChI is InChI=1S/C34H34N2O2/c1-24(2)14-19-34(38)29-17-15-28(16-18-29)32-21-30-23-35-31(22-33(30)36(32)4)13-7-12-27-11-6-10-26(20-27)9-5-8-25(3)37/h5-7,9-11,13-24H,8,12H2,1-4H3/b9-5?,13-7?,19-14+. The number of carbonyl (C=O) groups is 2. The fraction of sp³-hybridized carbons (Fsp3) is 0.206. The topological polar surface area (TPSA) is 52.0 Å². The van der Waals surface area contributed by atoms with Gasteiger partial charge < -0.3 is 4.57 Å². The van der Waals surface area contributed by atoms with Crippen LogP contribution in [0.4, 0.5) is 0 Å². The van der Waals surface area contributed by atoms with Gasteiger partial charge in [0.15, 0.2) is 5.78 Å². The van der Waals surface area contributed by atoms with Gasteiger partial charge in [-0.2, -0.15) is 0 Å². The molecule has 0 bridgehead atoms. The Morgan fingerprint density at radius 2 is 1.76 bits per heavy atom. The average Bonchev–Trinajstić information content (AvgIpc) is 3.23. The van der Waals surface area contributed by atoms with Crippen LogP contribution < -0.4 is 0 Å². The van der Waals surface area contributed by atoms with Crippen molar-refractivity contribution in [3.05, 3.63) is 114 Å². The molecule has 2 aromatic carbocycles. The number of benzene rings is 2. The fourth-order valence-corrected chi connectivity index (χ4v) is 4.30. The number of ketones is 2. The van der Waals surface area contributed by atoms with Crippen molar-refractivity contribution in [3.63, 3.8) is 0 Å². The summed E-state index contributed by atoms with van der Waals surface area (Å²) in [7, 11) is 2.06. The first-order valence-corrected chi connectivity index (χ1v) is 13.0. The number of allylic oxidation sites excluding steroid dienone is 4. The van der Waals surface area contributed by atoms with Gasteiger partial charge in [-0.05, 0) is 60.2 Å². The van der Waals surface area contributed by atoms with Crippen LogP contribution >= 0.6 is 0 Å². The molecule has 0 spiro atoms. The summed E-state index contributed by atoms with van der Waals surface area (Å²) in [6.07, 6.45) is 14.8. The van der Waals surface area contributed by atoms with Crippen molar-refractivity contribution >= 4 is 34.6 Å². The van der Waals surface area contributed by atoms with E-state index >= 15 is 0 Å². The van der Waals surface area contributed by atoms with Crippen LogP contribution in [0.1, 0.15) is 54.4 Å². The second-order valence-electron chi connectivity index (χ2n) is 9.96. The Bertz CT molecular complexity index is 1530. The summed E-state index contributed by atoms with van der Waals surface area (Å²) >= 11 is 0. The summed E-state index contributed by atoms with van der Waals surface area (Å²) in [6, 6.07) is 20.3. The number of rotatable bonds is 10. The van der Waals surface area contributed by atoms with E-state index in [2.05, 4.69) is 66.9 Å². The zero-order valence-corrected chi connectivity index (χ0v) is 22.5. The van der Waals surface area contributed by atoms with Crippen molar-refractivity contribution in [1.29, 1.82) is 0 Å². The highest BCUT2D eigenvalue weighted by atomic mass is 16.1. The predicted molar refractivity (Wildman–Crippen MR) is 158 cm³/mol. The number of fused-ring (bicyclic) bond motifs is 1. The van der Waals surface area contributed by atoms with Crippen molar-refractivity contribution in [2.75, 3.05) is 0 Å². The first-order valence-electron chi connectivity index (χ1n) is 13.0. The molecule has 0 N–H and O–H groups in total. The van der Waals surface area contributed by atoms with Gasteiger partial charge in [0.05, 0.1) is 11.2 Å². The molecule has 0 saturated heterocycles. The third kappa shape index (κ3) is 6.92. The van der Waals surface area contributed by atoms with Gasteiger partial charge in [0.25, 0.3) is 0 Å². The minimum atomic E-state index is 0.0269. The summed E-state index contributed by atoms with van der Waals surface area (Å²) < 4.78 is 2.17. The number of nitrogens with zero attached hydrogens (tertiary/aromatic N) is 2. The normalized spacial score (nSPS) is 12.0. The second kappa shape index (κ2) is 12.3. The number of aromatic nitrogens is 2. The Labute approximate surface area is 225 Å². The number of carbonyl (C=O) groups excluding carboxylic acids is 2. The second-order valence-corrected chi connectivity index (χ2v) is 9.96. The van der Waals surface area contributed by atoms with Crippen molar-refractivity contribution < 1.29 is 9.59 Å². The van der Waals surface area contributed by atoms with E-state index in [0.29, 0.717) is 17.9 Å². The largest absolute Gasteiger partial charge is 0.344 e. The summed E-state index contributed by atoms with van der Waals surface area (Å²) in [4.78, 5) is 28.2. The molecule has 0 radical (unpaired) electrons. The molecule has 0 fully saturated rings. The van der Waals surface area contributed by atoms with Gasteiger partial charge in [0.1, 0.15) is 5.78 Å². The van der Waals surface area contributed by atoms with E-state index in [1.54, 1.807) is 13.0 Å². The molecule has 38 heavy (non-hydrogen) atoms. The maximum absolute atomic E-state index is 12.4. The Hall–Kier alpha value is -4.31. The summed E-state index contributed by atoms with van der Waals surface area (Å²) in [5.41, 5.74) is 7.13. The molecule has 4 nitrogen and oxygen atoms in total. The molecule has 192 valence electrons. The van der Waals surface area contributed by atoms with Crippen LogP contribution in [0.2, 0.25) is 0 Å². The maximum Gasteiger partial charge on any atom is 0.185 e. The monoisotopic (exact) mass is 502 g/mol. The Balaban J connectivity index is 1.48. The molecule has 4 heteroatoms. The van der Waals surface area contributed by atoms with E-state index in [-0.39, 0.29) is 11.6 Å². The van der Waals surface area contributed by atoms with Crippen LogP contribution in [0.5, 0.6) is 0 Å². The zero-order chi connectivity index (χ0) is 27.1. The molecule has 2 heterocycles. The van der Waals surface area contributed by atoms with E-state index in [9.17, 15) is 9.59 Å². The first-order chi connectivity index (χ1) is 18.3. The fourth-order valence-electron chi connectivity index (χ4n) is 4.30. The van der Waals surface area contributed by atoms with Crippen LogP contribution in [-0.2, 0) is 18.3 Å². The quantitative estimate of drug-likeness (QED) is 0.164. The van der Waals surface area contributed by atoms with Gasteiger partial charge >= 0.3 is 0 Å². The van der Waals surface area contributed by atoms with Gasteiger partial charge in [-0.25, -0.2) is 0 Å². The predicted octanol–water partition coefficient (Wildman–Crippen LogP) is 7.88. The van der Waals surface area contributed by atoms with Gasteiger partial charge in [0, 0.05) is 36.3 Å². The minimum Gasteiger partial charge on any atom is -0.344 e. The highest BCUT2D eigenvalue weighted by molar-refractivity contribution is 6.04. The van der Waals surface area contributed by atoms with Gasteiger partial charge in [-0.1, -0.05) is 86.7 Å². The highest BCUT2D eigenvalue weighted by Crippen LogP contribution is 2.28. The third-order valence-corrected chi connectivity index (χ3v) is 6.35. The van der Waals surface area contributed by atoms with Gasteiger partial charge in [0.2, 0.25) is 0 Å². The smallest absolute Gasteiger partial charge is 0.185 e. The lowest BCUT2D eigenvalue weighted by Crippen LogP contribution is -1.96. The van der Waals surface area contributed by atoms with E-state index in [1.165, 1.54) is 5.56 Å². The molecule has 0 atom stereocenters. The molecular formula is C34H34N2O2. The number of aryl methyl sites for hydroxylation is 1. The van der Waals surface area contributed by atoms with Crippen molar-refractivity contribution in [1.82, 2.24) is 9.55 Å². The molecular weight excluding hydrogens is 468 g/mol.